The maximum absolute atomic E-state index is 11.8. The fourth-order valence-corrected chi connectivity index (χ4v) is 3.64. The van der Waals surface area contributed by atoms with Gasteiger partial charge in [0.2, 0.25) is 10.0 Å². The second-order valence-electron chi connectivity index (χ2n) is 5.68. The van der Waals surface area contributed by atoms with Gasteiger partial charge in [-0.05, 0) is 44.0 Å². The Morgan fingerprint density at radius 3 is 2.67 bits per heavy atom. The summed E-state index contributed by atoms with van der Waals surface area (Å²) in [6, 6.07) is 4.74. The van der Waals surface area contributed by atoms with Crippen LogP contribution in [0.4, 0.5) is 11.4 Å². The fourth-order valence-electron chi connectivity index (χ4n) is 2.89. The summed E-state index contributed by atoms with van der Waals surface area (Å²) in [6.45, 7) is 0.823. The van der Waals surface area contributed by atoms with Crippen LogP contribution in [0.5, 0.6) is 0 Å². The van der Waals surface area contributed by atoms with Gasteiger partial charge < -0.3 is 11.1 Å². The first kappa shape index (κ1) is 16.1. The van der Waals surface area contributed by atoms with Crippen molar-refractivity contribution in [1.29, 1.82) is 0 Å². The molecule has 1 aromatic carbocycles. The summed E-state index contributed by atoms with van der Waals surface area (Å²) >= 11 is 0. The number of rotatable bonds is 7. The highest BCUT2D eigenvalue weighted by Gasteiger charge is 2.15. The van der Waals surface area contributed by atoms with E-state index in [9.17, 15) is 8.42 Å². The number of hydrogen-bond donors (Lipinski definition) is 3. The average Bonchev–Trinajstić information content (AvgIpc) is 2.98. The monoisotopic (exact) mass is 311 g/mol. The van der Waals surface area contributed by atoms with Gasteiger partial charge in [-0.3, -0.25) is 0 Å². The normalized spacial score (nSPS) is 16.2. The van der Waals surface area contributed by atoms with E-state index < -0.39 is 10.0 Å². The van der Waals surface area contributed by atoms with Gasteiger partial charge in [0.15, 0.2) is 0 Å². The molecule has 118 valence electrons. The minimum Gasteiger partial charge on any atom is -0.397 e. The summed E-state index contributed by atoms with van der Waals surface area (Å²) in [5.41, 5.74) is 7.17. The highest BCUT2D eigenvalue weighted by atomic mass is 32.2. The van der Waals surface area contributed by atoms with Crippen LogP contribution in [0.25, 0.3) is 0 Å². The summed E-state index contributed by atoms with van der Waals surface area (Å²) in [5, 5.41) is 3.26. The van der Waals surface area contributed by atoms with Crippen molar-refractivity contribution in [2.75, 3.05) is 24.6 Å². The van der Waals surface area contributed by atoms with Gasteiger partial charge in [-0.15, -0.1) is 0 Å². The van der Waals surface area contributed by atoms with Crippen LogP contribution in [-0.2, 0) is 10.0 Å². The molecular formula is C15H25N3O2S. The van der Waals surface area contributed by atoms with E-state index in [1.54, 1.807) is 12.1 Å². The molecule has 1 aromatic rings. The Bertz CT molecular complexity index is 566. The van der Waals surface area contributed by atoms with E-state index >= 15 is 0 Å². The van der Waals surface area contributed by atoms with Gasteiger partial charge in [0.25, 0.3) is 0 Å². The van der Waals surface area contributed by atoms with Gasteiger partial charge in [-0.2, -0.15) is 0 Å². The third kappa shape index (κ3) is 4.35. The SMILES string of the molecule is CNS(=O)(=O)c1ccc(N)c(NCCCC2CCCC2)c1. The molecule has 21 heavy (non-hydrogen) atoms. The molecule has 0 spiro atoms. The fraction of sp³-hybridized carbons (Fsp3) is 0.600. The van der Waals surface area contributed by atoms with Crippen LogP contribution < -0.4 is 15.8 Å². The lowest BCUT2D eigenvalue weighted by Crippen LogP contribution is -2.19. The molecule has 1 aliphatic rings. The Morgan fingerprint density at radius 2 is 2.00 bits per heavy atom. The Hall–Kier alpha value is -1.27. The van der Waals surface area contributed by atoms with E-state index in [0.29, 0.717) is 11.4 Å². The van der Waals surface area contributed by atoms with Crippen LogP contribution in [0.15, 0.2) is 23.1 Å². The topological polar surface area (TPSA) is 84.2 Å². The van der Waals surface area contributed by atoms with Crippen molar-refractivity contribution in [1.82, 2.24) is 4.72 Å². The zero-order valence-corrected chi connectivity index (χ0v) is 13.4. The first-order valence-electron chi connectivity index (χ1n) is 7.60. The van der Waals surface area contributed by atoms with Crippen LogP contribution >= 0.6 is 0 Å². The predicted molar refractivity (Wildman–Crippen MR) is 86.8 cm³/mol. The van der Waals surface area contributed by atoms with E-state index in [4.69, 9.17) is 5.73 Å². The highest BCUT2D eigenvalue weighted by molar-refractivity contribution is 7.89. The van der Waals surface area contributed by atoms with Gasteiger partial charge in [0.1, 0.15) is 0 Å². The molecule has 0 aromatic heterocycles. The van der Waals surface area contributed by atoms with Gasteiger partial charge in [0.05, 0.1) is 16.3 Å². The molecule has 1 saturated carbocycles. The summed E-state index contributed by atoms with van der Waals surface area (Å²) in [5.74, 6) is 0.875. The summed E-state index contributed by atoms with van der Waals surface area (Å²) < 4.78 is 25.9. The molecule has 1 aliphatic carbocycles. The Balaban J connectivity index is 1.91. The van der Waals surface area contributed by atoms with Crippen LogP contribution in [0.3, 0.4) is 0 Å². The summed E-state index contributed by atoms with van der Waals surface area (Å²) in [7, 11) is -2.02. The van der Waals surface area contributed by atoms with Crippen LogP contribution in [-0.4, -0.2) is 22.0 Å². The Labute approximate surface area is 127 Å². The molecule has 6 heteroatoms. The molecule has 0 aliphatic heterocycles. The minimum absolute atomic E-state index is 0.234. The zero-order chi connectivity index (χ0) is 15.3. The number of nitrogens with two attached hydrogens (primary N) is 1. The van der Waals surface area contributed by atoms with E-state index in [1.165, 1.54) is 45.2 Å². The summed E-state index contributed by atoms with van der Waals surface area (Å²) in [4.78, 5) is 0.234. The van der Waals surface area contributed by atoms with E-state index in [0.717, 1.165) is 18.9 Å². The third-order valence-electron chi connectivity index (χ3n) is 4.18. The highest BCUT2D eigenvalue weighted by Crippen LogP contribution is 2.28. The first-order valence-corrected chi connectivity index (χ1v) is 9.08. The van der Waals surface area contributed by atoms with Crippen molar-refractivity contribution in [2.45, 2.75) is 43.4 Å². The zero-order valence-electron chi connectivity index (χ0n) is 12.6. The lowest BCUT2D eigenvalue weighted by molar-refractivity contribution is 0.491. The quantitative estimate of drug-likeness (QED) is 0.534. The largest absolute Gasteiger partial charge is 0.397 e. The van der Waals surface area contributed by atoms with Crippen molar-refractivity contribution in [3.05, 3.63) is 18.2 Å². The molecule has 0 amide bonds. The molecule has 0 bridgehead atoms. The second kappa shape index (κ2) is 7.13. The Kier molecular flexibility index (Phi) is 5.47. The van der Waals surface area contributed by atoms with E-state index in [1.807, 2.05) is 0 Å². The smallest absolute Gasteiger partial charge is 0.240 e. The number of hydrogen-bond acceptors (Lipinski definition) is 4. The van der Waals surface area contributed by atoms with Gasteiger partial charge in [-0.1, -0.05) is 25.7 Å². The lowest BCUT2D eigenvalue weighted by Gasteiger charge is -2.13. The van der Waals surface area contributed by atoms with Crippen molar-refractivity contribution in [3.63, 3.8) is 0 Å². The molecule has 0 radical (unpaired) electrons. The number of benzene rings is 1. The molecule has 2 rings (SSSR count). The van der Waals surface area contributed by atoms with Crippen molar-refractivity contribution in [3.8, 4) is 0 Å². The molecular weight excluding hydrogens is 286 g/mol. The van der Waals surface area contributed by atoms with Gasteiger partial charge in [0, 0.05) is 6.54 Å². The molecule has 1 fully saturated rings. The number of sulfonamides is 1. The molecule has 0 atom stereocenters. The minimum atomic E-state index is -3.43. The van der Waals surface area contributed by atoms with Crippen molar-refractivity contribution >= 4 is 21.4 Å². The Morgan fingerprint density at radius 1 is 1.29 bits per heavy atom. The number of nitrogen functional groups attached to an aromatic ring is 1. The third-order valence-corrected chi connectivity index (χ3v) is 5.60. The van der Waals surface area contributed by atoms with Gasteiger partial charge in [-0.25, -0.2) is 13.1 Å². The first-order chi connectivity index (χ1) is 10.0. The van der Waals surface area contributed by atoms with Crippen LogP contribution in [0.2, 0.25) is 0 Å². The van der Waals surface area contributed by atoms with Crippen molar-refractivity contribution < 1.29 is 8.42 Å². The van der Waals surface area contributed by atoms with E-state index in [-0.39, 0.29) is 4.90 Å². The molecule has 0 heterocycles. The summed E-state index contributed by atoms with van der Waals surface area (Å²) in [6.07, 6.45) is 7.79. The molecule has 0 saturated heterocycles. The van der Waals surface area contributed by atoms with Gasteiger partial charge >= 0.3 is 0 Å². The van der Waals surface area contributed by atoms with E-state index in [2.05, 4.69) is 10.0 Å². The molecule has 0 unspecified atom stereocenters. The maximum atomic E-state index is 11.8. The predicted octanol–water partition coefficient (Wildman–Crippen LogP) is 2.56. The molecule has 4 N–H and O–H groups in total. The maximum Gasteiger partial charge on any atom is 0.240 e. The van der Waals surface area contributed by atoms with Crippen molar-refractivity contribution in [2.24, 2.45) is 5.92 Å². The van der Waals surface area contributed by atoms with Crippen LogP contribution in [0, 0.1) is 5.92 Å². The standard InChI is InChI=1S/C15H25N3O2S/c1-17-21(19,20)13-8-9-14(16)15(11-13)18-10-4-7-12-5-2-3-6-12/h8-9,11-12,17-18H,2-7,10,16H2,1H3. The molecule has 5 nitrogen and oxygen atoms in total. The number of anilines is 2. The van der Waals surface area contributed by atoms with Crippen LogP contribution in [0.1, 0.15) is 38.5 Å². The number of nitrogens with one attached hydrogen (secondary N) is 2. The average molecular weight is 311 g/mol. The lowest BCUT2D eigenvalue weighted by atomic mass is 10.0. The second-order valence-corrected chi connectivity index (χ2v) is 7.56.